The molecule has 1 fully saturated rings. The highest BCUT2D eigenvalue weighted by molar-refractivity contribution is 6.00. The zero-order valence-corrected chi connectivity index (χ0v) is 19.9. The number of ketones is 1. The smallest absolute Gasteiger partial charge is 0.256 e. The second kappa shape index (κ2) is 13.2. The number of carbonyl (C=O) groups is 2. The van der Waals surface area contributed by atoms with Crippen LogP contribution in [0.4, 0.5) is 0 Å². The lowest BCUT2D eigenvalue weighted by Crippen LogP contribution is -2.25. The van der Waals surface area contributed by atoms with E-state index in [1.54, 1.807) is 31.3 Å². The van der Waals surface area contributed by atoms with Crippen LogP contribution < -0.4 is 10.6 Å². The molecule has 0 saturated heterocycles. The highest BCUT2D eigenvalue weighted by atomic mass is 16.1. The third-order valence-corrected chi connectivity index (χ3v) is 6.18. The Kier molecular flexibility index (Phi) is 10.3. The summed E-state index contributed by atoms with van der Waals surface area (Å²) in [5, 5.41) is 14.5. The molecule has 6 nitrogen and oxygen atoms in total. The average Bonchev–Trinajstić information content (AvgIpc) is 2.87. The molecule has 0 spiro atoms. The summed E-state index contributed by atoms with van der Waals surface area (Å²) >= 11 is 0. The Balaban J connectivity index is 2.05. The lowest BCUT2D eigenvalue weighted by molar-refractivity contribution is -0.126. The molecule has 1 aromatic rings. The Bertz CT molecular complexity index is 974. The summed E-state index contributed by atoms with van der Waals surface area (Å²) in [6, 6.07) is 8.39. The van der Waals surface area contributed by atoms with E-state index in [0.29, 0.717) is 34.7 Å². The molecule has 6 heteroatoms. The fourth-order valence-electron chi connectivity index (χ4n) is 4.00. The number of nitrogens with one attached hydrogen (secondary N) is 2. The van der Waals surface area contributed by atoms with Crippen molar-refractivity contribution in [2.45, 2.75) is 52.4 Å². The number of hydrogen-bond donors (Lipinski definition) is 2. The van der Waals surface area contributed by atoms with Gasteiger partial charge in [-0.25, -0.2) is 4.99 Å². The summed E-state index contributed by atoms with van der Waals surface area (Å²) in [5.41, 5.74) is 3.19. The fraction of sp³-hybridized carbons (Fsp3) is 0.407. The predicted octanol–water partition coefficient (Wildman–Crippen LogP) is 5.06. The molecule has 0 heterocycles. The van der Waals surface area contributed by atoms with E-state index < -0.39 is 0 Å². The van der Waals surface area contributed by atoms with E-state index in [1.165, 1.54) is 12.8 Å². The Morgan fingerprint density at radius 1 is 1.24 bits per heavy atom. The zero-order valence-electron chi connectivity index (χ0n) is 19.9. The van der Waals surface area contributed by atoms with Crippen LogP contribution in [0, 0.1) is 23.2 Å². The van der Waals surface area contributed by atoms with Gasteiger partial charge >= 0.3 is 0 Å². The Hall–Kier alpha value is -3.46. The van der Waals surface area contributed by atoms with Crippen molar-refractivity contribution in [2.24, 2.45) is 16.8 Å². The van der Waals surface area contributed by atoms with Gasteiger partial charge in [0.15, 0.2) is 0 Å². The van der Waals surface area contributed by atoms with Gasteiger partial charge in [-0.15, -0.1) is 0 Å². The van der Waals surface area contributed by atoms with Gasteiger partial charge in [-0.1, -0.05) is 50.5 Å². The molecule has 0 aromatic heterocycles. The number of benzene rings is 1. The van der Waals surface area contributed by atoms with Crippen molar-refractivity contribution in [1.82, 2.24) is 10.6 Å². The normalized spacial score (nSPS) is 16.2. The molecular weight excluding hydrogens is 412 g/mol. The van der Waals surface area contributed by atoms with Crippen LogP contribution in [0.5, 0.6) is 0 Å². The second-order valence-corrected chi connectivity index (χ2v) is 8.27. The first-order valence-electron chi connectivity index (χ1n) is 11.5. The van der Waals surface area contributed by atoms with E-state index in [4.69, 9.17) is 5.26 Å². The molecule has 0 radical (unpaired) electrons. The van der Waals surface area contributed by atoms with Gasteiger partial charge in [-0.3, -0.25) is 9.59 Å². The van der Waals surface area contributed by atoms with Crippen LogP contribution in [0.25, 0.3) is 0 Å². The molecule has 1 aromatic carbocycles. The number of likely N-dealkylation sites (N-methyl/N-ethyl adjacent to an activating group) is 1. The third-order valence-electron chi connectivity index (χ3n) is 6.18. The monoisotopic (exact) mass is 446 g/mol. The topological polar surface area (TPSA) is 94.3 Å². The molecule has 174 valence electrons. The minimum Gasteiger partial charge on any atom is -0.387 e. The Morgan fingerprint density at radius 2 is 1.91 bits per heavy atom. The molecule has 1 aliphatic carbocycles. The first kappa shape index (κ1) is 25.8. The van der Waals surface area contributed by atoms with Crippen molar-refractivity contribution in [3.63, 3.8) is 0 Å². The van der Waals surface area contributed by atoms with Crippen LogP contribution >= 0.6 is 0 Å². The number of hydrogen-bond acceptors (Lipinski definition) is 5. The SMILES string of the molecule is C=C(NC)/C(=C\C/C(=C\C)C(C)C(=O)C1CCCCC1)N=CNC(=O)c1ccc(C#N)cc1. The minimum absolute atomic E-state index is 0.126. The molecule has 1 atom stereocenters. The molecule has 0 aliphatic heterocycles. The zero-order chi connectivity index (χ0) is 24.2. The lowest BCUT2D eigenvalue weighted by Gasteiger charge is -2.24. The number of nitrogens with zero attached hydrogens (tertiary/aromatic N) is 2. The number of carbonyl (C=O) groups excluding carboxylic acids is 2. The van der Waals surface area contributed by atoms with Gasteiger partial charge in [0.1, 0.15) is 5.78 Å². The minimum atomic E-state index is -0.321. The number of amides is 1. The molecule has 1 amide bonds. The van der Waals surface area contributed by atoms with Gasteiger partial charge < -0.3 is 10.6 Å². The van der Waals surface area contributed by atoms with Crippen molar-refractivity contribution in [3.05, 3.63) is 71.1 Å². The number of allylic oxidation sites excluding steroid dienone is 3. The van der Waals surface area contributed by atoms with Gasteiger partial charge in [-0.2, -0.15) is 5.26 Å². The van der Waals surface area contributed by atoms with Gasteiger partial charge in [0.2, 0.25) is 0 Å². The third kappa shape index (κ3) is 7.57. The van der Waals surface area contributed by atoms with Crippen LogP contribution in [0.2, 0.25) is 0 Å². The average molecular weight is 447 g/mol. The van der Waals surface area contributed by atoms with Gasteiger partial charge in [0.05, 0.1) is 29.4 Å². The molecule has 0 bridgehead atoms. The first-order valence-corrected chi connectivity index (χ1v) is 11.5. The van der Waals surface area contributed by atoms with Gasteiger partial charge in [0.25, 0.3) is 5.91 Å². The highest BCUT2D eigenvalue weighted by Crippen LogP contribution is 2.30. The van der Waals surface area contributed by atoms with Gasteiger partial charge in [-0.05, 0) is 50.5 Å². The standard InChI is InChI=1S/C27H34N4O2/c1-5-22(19(2)26(32)23-9-7-6-8-10-23)15-16-25(20(3)29-4)30-18-31-27(33)24-13-11-21(17-28)12-14-24/h5,11-14,16,18-19,23,29H,3,6-10,15H2,1-2,4H3,(H,30,31,33)/b22-5+,25-16+. The molecule has 33 heavy (non-hydrogen) atoms. The molecule has 1 aliphatic rings. The van der Waals surface area contributed by atoms with Crippen LogP contribution in [0.1, 0.15) is 68.3 Å². The van der Waals surface area contributed by atoms with Crippen LogP contribution in [0.15, 0.2) is 65.0 Å². The van der Waals surface area contributed by atoms with E-state index in [2.05, 4.69) is 22.2 Å². The largest absolute Gasteiger partial charge is 0.387 e. The molecule has 1 saturated carbocycles. The van der Waals surface area contributed by atoms with Gasteiger partial charge in [0, 0.05) is 24.4 Å². The Labute approximate surface area is 197 Å². The summed E-state index contributed by atoms with van der Waals surface area (Å²) < 4.78 is 0. The van der Waals surface area contributed by atoms with Crippen LogP contribution in [-0.4, -0.2) is 25.1 Å². The number of Topliss-reactive ketones (excluding diaryl/α,β-unsaturated/α-hetero) is 1. The number of nitriles is 1. The van der Waals surface area contributed by atoms with Crippen LogP contribution in [-0.2, 0) is 4.79 Å². The molecular formula is C27H34N4O2. The first-order chi connectivity index (χ1) is 15.9. The summed E-state index contributed by atoms with van der Waals surface area (Å²) in [6.45, 7) is 7.94. The lowest BCUT2D eigenvalue weighted by atomic mass is 9.79. The molecule has 1 unspecified atom stereocenters. The maximum Gasteiger partial charge on any atom is 0.256 e. The van der Waals surface area contributed by atoms with E-state index in [-0.39, 0.29) is 17.7 Å². The summed E-state index contributed by atoms with van der Waals surface area (Å²) in [7, 11) is 1.76. The second-order valence-electron chi connectivity index (χ2n) is 8.27. The maximum absolute atomic E-state index is 13.0. The van der Waals surface area contributed by atoms with Crippen molar-refractivity contribution >= 4 is 18.0 Å². The summed E-state index contributed by atoms with van der Waals surface area (Å²) in [4.78, 5) is 29.6. The van der Waals surface area contributed by atoms with Crippen molar-refractivity contribution in [2.75, 3.05) is 7.05 Å². The Morgan fingerprint density at radius 3 is 2.48 bits per heavy atom. The van der Waals surface area contributed by atoms with Crippen LogP contribution in [0.3, 0.4) is 0 Å². The summed E-state index contributed by atoms with van der Waals surface area (Å²) in [6.07, 6.45) is 11.4. The van der Waals surface area contributed by atoms with Crippen molar-refractivity contribution in [3.8, 4) is 6.07 Å². The molecule has 2 rings (SSSR count). The molecule has 2 N–H and O–H groups in total. The quantitative estimate of drug-likeness (QED) is 0.227. The van der Waals surface area contributed by atoms with E-state index >= 15 is 0 Å². The van der Waals surface area contributed by atoms with E-state index in [1.807, 2.05) is 32.1 Å². The summed E-state index contributed by atoms with van der Waals surface area (Å²) in [5.74, 6) is 0.0651. The number of aliphatic imine (C=N–C) groups is 1. The van der Waals surface area contributed by atoms with E-state index in [9.17, 15) is 9.59 Å². The highest BCUT2D eigenvalue weighted by Gasteiger charge is 2.26. The maximum atomic E-state index is 13.0. The predicted molar refractivity (Wildman–Crippen MR) is 133 cm³/mol. The van der Waals surface area contributed by atoms with Crippen molar-refractivity contribution in [1.29, 1.82) is 5.26 Å². The van der Waals surface area contributed by atoms with E-state index in [0.717, 1.165) is 31.3 Å². The van der Waals surface area contributed by atoms with Crippen molar-refractivity contribution < 1.29 is 9.59 Å². The number of rotatable bonds is 10. The fourth-order valence-corrected chi connectivity index (χ4v) is 4.00.